The number of nitrogens with zero attached hydrogens (tertiary/aromatic N) is 3. The first kappa shape index (κ1) is 32.9. The van der Waals surface area contributed by atoms with Crippen LogP contribution in [0.4, 0.5) is 17.1 Å². The molecule has 1 aromatic rings. The van der Waals surface area contributed by atoms with E-state index in [1.54, 1.807) is 0 Å². The molecule has 1 rings (SSSR count). The normalized spacial score (nSPS) is 13.1. The standard InChI is InChI=1S/C22H26N4O14/c1-11(27)36-9-18(24-23-17-7-6-16(25(32)33)8-19(17)26(34)35)21(39-14(4)30)22(40-15(5)31)20(38-13(3)29)10-37-12(2)28/h6-8,20-23H,9-10H2,1-5H3/b24-18+/t20-,21-,22-/m1/s1. The number of non-ortho nitro benzene ring substituents is 1. The van der Waals surface area contributed by atoms with Gasteiger partial charge in [0, 0.05) is 40.7 Å². The van der Waals surface area contributed by atoms with Gasteiger partial charge in [0.1, 0.15) is 24.6 Å². The van der Waals surface area contributed by atoms with E-state index >= 15 is 0 Å². The fourth-order valence-corrected chi connectivity index (χ4v) is 3.00. The molecule has 0 spiro atoms. The molecule has 0 amide bonds. The molecule has 0 aliphatic heterocycles. The van der Waals surface area contributed by atoms with E-state index in [0.29, 0.717) is 6.07 Å². The number of nitro benzene ring substituents is 2. The lowest BCUT2D eigenvalue weighted by atomic mass is 10.0. The molecule has 0 aliphatic rings. The molecule has 0 bridgehead atoms. The summed E-state index contributed by atoms with van der Waals surface area (Å²) < 4.78 is 25.4. The molecular weight excluding hydrogens is 544 g/mol. The van der Waals surface area contributed by atoms with Crippen molar-refractivity contribution in [1.82, 2.24) is 0 Å². The van der Waals surface area contributed by atoms with E-state index < -0.39 is 88.3 Å². The maximum absolute atomic E-state index is 12.0. The lowest BCUT2D eigenvalue weighted by molar-refractivity contribution is -0.393. The molecule has 18 heteroatoms. The molecule has 1 aromatic carbocycles. The number of hydrogen-bond donors (Lipinski definition) is 1. The van der Waals surface area contributed by atoms with Crippen molar-refractivity contribution in [2.75, 3.05) is 18.6 Å². The van der Waals surface area contributed by atoms with Crippen molar-refractivity contribution < 1.29 is 57.5 Å². The Morgan fingerprint density at radius 3 is 1.88 bits per heavy atom. The Labute approximate surface area is 225 Å². The number of carbonyl (C=O) groups excluding carboxylic acids is 5. The van der Waals surface area contributed by atoms with Gasteiger partial charge in [0.2, 0.25) is 0 Å². The van der Waals surface area contributed by atoms with Crippen LogP contribution in [0.25, 0.3) is 0 Å². The van der Waals surface area contributed by atoms with E-state index in [4.69, 9.17) is 23.7 Å². The summed E-state index contributed by atoms with van der Waals surface area (Å²) in [6.07, 6.45) is -5.11. The molecule has 0 unspecified atom stereocenters. The van der Waals surface area contributed by atoms with Crippen LogP contribution in [0.1, 0.15) is 34.6 Å². The zero-order valence-electron chi connectivity index (χ0n) is 21.9. The molecule has 0 radical (unpaired) electrons. The summed E-state index contributed by atoms with van der Waals surface area (Å²) in [5, 5.41) is 26.4. The van der Waals surface area contributed by atoms with Gasteiger partial charge in [-0.25, -0.2) is 0 Å². The quantitative estimate of drug-likeness (QED) is 0.108. The highest BCUT2D eigenvalue weighted by atomic mass is 16.6. The van der Waals surface area contributed by atoms with Gasteiger partial charge in [-0.1, -0.05) is 0 Å². The number of rotatable bonds is 14. The van der Waals surface area contributed by atoms with Crippen molar-refractivity contribution >= 4 is 52.6 Å². The number of carbonyl (C=O) groups is 5. The third-order valence-electron chi connectivity index (χ3n) is 4.49. The van der Waals surface area contributed by atoms with Gasteiger partial charge in [-0.2, -0.15) is 5.10 Å². The number of hydrogen-bond acceptors (Lipinski definition) is 16. The summed E-state index contributed by atoms with van der Waals surface area (Å²) in [4.78, 5) is 79.4. The summed E-state index contributed by atoms with van der Waals surface area (Å²) in [6.45, 7) is 3.57. The minimum Gasteiger partial charge on any atom is -0.462 e. The van der Waals surface area contributed by atoms with Gasteiger partial charge in [-0.05, 0) is 6.07 Å². The van der Waals surface area contributed by atoms with Gasteiger partial charge < -0.3 is 23.7 Å². The molecule has 0 fully saturated rings. The fraction of sp³-hybridized carbons (Fsp3) is 0.455. The van der Waals surface area contributed by atoms with E-state index in [0.717, 1.165) is 46.8 Å². The topological polar surface area (TPSA) is 242 Å². The maximum Gasteiger partial charge on any atom is 0.303 e. The van der Waals surface area contributed by atoms with Crippen LogP contribution in [-0.4, -0.2) is 76.9 Å². The van der Waals surface area contributed by atoms with Crippen LogP contribution in [0.2, 0.25) is 0 Å². The average Bonchev–Trinajstić information content (AvgIpc) is 2.83. The van der Waals surface area contributed by atoms with Crippen LogP contribution in [0.5, 0.6) is 0 Å². The van der Waals surface area contributed by atoms with Gasteiger partial charge in [0.25, 0.3) is 5.69 Å². The lowest BCUT2D eigenvalue weighted by Crippen LogP contribution is -2.51. The number of nitrogens with one attached hydrogen (secondary N) is 1. The number of hydrazone groups is 1. The third kappa shape index (κ3) is 11.1. The maximum atomic E-state index is 12.0. The van der Waals surface area contributed by atoms with Gasteiger partial charge in [0.15, 0.2) is 18.3 Å². The Balaban J connectivity index is 3.73. The number of anilines is 1. The number of ether oxygens (including phenoxy) is 5. The van der Waals surface area contributed by atoms with Crippen molar-refractivity contribution in [1.29, 1.82) is 0 Å². The Morgan fingerprint density at radius 2 is 1.40 bits per heavy atom. The molecule has 0 aliphatic carbocycles. The van der Waals surface area contributed by atoms with Gasteiger partial charge >= 0.3 is 35.5 Å². The zero-order chi connectivity index (χ0) is 30.6. The second-order valence-electron chi connectivity index (χ2n) is 7.77. The Hall–Kier alpha value is -5.16. The summed E-state index contributed by atoms with van der Waals surface area (Å²) in [5.74, 6) is -4.49. The van der Waals surface area contributed by atoms with E-state index in [1.807, 2.05) is 0 Å². The van der Waals surface area contributed by atoms with E-state index in [9.17, 15) is 44.2 Å². The molecule has 1 N–H and O–H groups in total. The van der Waals surface area contributed by atoms with Crippen LogP contribution < -0.4 is 5.43 Å². The highest BCUT2D eigenvalue weighted by molar-refractivity contribution is 5.94. The lowest BCUT2D eigenvalue weighted by Gasteiger charge is -2.32. The minimum atomic E-state index is -1.79. The molecule has 40 heavy (non-hydrogen) atoms. The first-order chi connectivity index (χ1) is 18.6. The number of nitro groups is 2. The van der Waals surface area contributed by atoms with Crippen molar-refractivity contribution in [2.24, 2.45) is 5.10 Å². The second kappa shape index (κ2) is 15.3. The highest BCUT2D eigenvalue weighted by Crippen LogP contribution is 2.29. The predicted octanol–water partition coefficient (Wildman–Crippen LogP) is 1.19. The summed E-state index contributed by atoms with van der Waals surface area (Å²) in [5.41, 5.74) is 0.135. The molecule has 18 nitrogen and oxygen atoms in total. The first-order valence-corrected chi connectivity index (χ1v) is 11.2. The van der Waals surface area contributed by atoms with Crippen LogP contribution in [-0.2, 0) is 47.7 Å². The number of benzene rings is 1. The summed E-state index contributed by atoms with van der Waals surface area (Å²) >= 11 is 0. The van der Waals surface area contributed by atoms with Gasteiger partial charge in [-0.3, -0.25) is 49.6 Å². The molecule has 0 saturated heterocycles. The minimum absolute atomic E-state index is 0.363. The second-order valence-corrected chi connectivity index (χ2v) is 7.77. The van der Waals surface area contributed by atoms with E-state index in [-0.39, 0.29) is 5.69 Å². The molecule has 0 heterocycles. The molecule has 0 saturated carbocycles. The molecular formula is C22H26N4O14. The number of esters is 5. The van der Waals surface area contributed by atoms with Crippen molar-refractivity contribution in [3.8, 4) is 0 Å². The van der Waals surface area contributed by atoms with Crippen LogP contribution >= 0.6 is 0 Å². The van der Waals surface area contributed by atoms with Gasteiger partial charge in [-0.15, -0.1) is 0 Å². The Morgan fingerprint density at radius 1 is 0.825 bits per heavy atom. The van der Waals surface area contributed by atoms with Crippen LogP contribution in [0, 0.1) is 20.2 Å². The first-order valence-electron chi connectivity index (χ1n) is 11.2. The van der Waals surface area contributed by atoms with E-state index in [2.05, 4.69) is 10.5 Å². The predicted molar refractivity (Wildman–Crippen MR) is 131 cm³/mol. The third-order valence-corrected chi connectivity index (χ3v) is 4.49. The fourth-order valence-electron chi connectivity index (χ4n) is 3.00. The summed E-state index contributed by atoms with van der Waals surface area (Å²) in [6, 6.07) is 2.57. The van der Waals surface area contributed by atoms with Crippen molar-refractivity contribution in [3.05, 3.63) is 38.4 Å². The van der Waals surface area contributed by atoms with Crippen LogP contribution in [0.15, 0.2) is 23.3 Å². The largest absolute Gasteiger partial charge is 0.462 e. The smallest absolute Gasteiger partial charge is 0.303 e. The SMILES string of the molecule is CC(=O)OC/C(=N\Nc1ccc([N+](=O)[O-])cc1[N+](=O)[O-])[C@@H](OC(C)=O)[C@H](OC(C)=O)[C@@H](COC(C)=O)OC(C)=O. The summed E-state index contributed by atoms with van der Waals surface area (Å²) in [7, 11) is 0. The molecule has 3 atom stereocenters. The van der Waals surface area contributed by atoms with Crippen molar-refractivity contribution in [3.63, 3.8) is 0 Å². The van der Waals surface area contributed by atoms with Gasteiger partial charge in [0.05, 0.1) is 15.9 Å². The Bertz CT molecular complexity index is 1200. The molecule has 218 valence electrons. The monoisotopic (exact) mass is 570 g/mol. The average molecular weight is 570 g/mol. The van der Waals surface area contributed by atoms with Crippen molar-refractivity contribution in [2.45, 2.75) is 52.9 Å². The Kier molecular flexibility index (Phi) is 12.6. The van der Waals surface area contributed by atoms with Crippen LogP contribution in [0.3, 0.4) is 0 Å². The van der Waals surface area contributed by atoms with E-state index in [1.165, 1.54) is 0 Å². The zero-order valence-corrected chi connectivity index (χ0v) is 21.9. The molecule has 0 aromatic heterocycles. The highest BCUT2D eigenvalue weighted by Gasteiger charge is 2.41.